The Balaban J connectivity index is 1.47. The monoisotopic (exact) mass is 332 g/mol. The Morgan fingerprint density at radius 3 is 2.80 bits per heavy atom. The van der Waals surface area contributed by atoms with Crippen LogP contribution >= 0.6 is 0 Å². The molecule has 1 saturated heterocycles. The highest BCUT2D eigenvalue weighted by Gasteiger charge is 2.32. The first-order valence-corrected chi connectivity index (χ1v) is 8.47. The van der Waals surface area contributed by atoms with Crippen molar-refractivity contribution in [3.63, 3.8) is 0 Å². The second-order valence-corrected chi connectivity index (χ2v) is 6.58. The van der Waals surface area contributed by atoms with Crippen molar-refractivity contribution in [2.45, 2.75) is 25.8 Å². The fourth-order valence-electron chi connectivity index (χ4n) is 3.23. The van der Waals surface area contributed by atoms with E-state index in [1.165, 1.54) is 5.56 Å². The smallest absolute Gasteiger partial charge is 0.223 e. The van der Waals surface area contributed by atoms with Gasteiger partial charge >= 0.3 is 0 Å². The molecular formula is C20H20N4O. The maximum absolute atomic E-state index is 12.4. The molecule has 25 heavy (non-hydrogen) atoms. The average molecular weight is 332 g/mol. The molecule has 126 valence electrons. The number of carbonyl (C=O) groups is 1. The van der Waals surface area contributed by atoms with Crippen LogP contribution in [0.4, 0.5) is 0 Å². The number of hydrogen-bond donors (Lipinski definition) is 1. The van der Waals surface area contributed by atoms with E-state index < -0.39 is 0 Å². The highest BCUT2D eigenvalue weighted by Crippen LogP contribution is 2.29. The highest BCUT2D eigenvalue weighted by atomic mass is 16.2. The Labute approximate surface area is 146 Å². The van der Waals surface area contributed by atoms with E-state index in [2.05, 4.69) is 46.1 Å². The number of hydrogen-bond acceptors (Lipinski definition) is 3. The van der Waals surface area contributed by atoms with Crippen molar-refractivity contribution in [1.29, 1.82) is 0 Å². The quantitative estimate of drug-likeness (QED) is 0.797. The van der Waals surface area contributed by atoms with Crippen LogP contribution in [0.1, 0.15) is 29.3 Å². The van der Waals surface area contributed by atoms with E-state index in [9.17, 15) is 4.79 Å². The number of imidazole rings is 1. The van der Waals surface area contributed by atoms with Gasteiger partial charge in [-0.1, -0.05) is 29.8 Å². The van der Waals surface area contributed by atoms with Crippen LogP contribution in [0, 0.1) is 6.92 Å². The Morgan fingerprint density at radius 1 is 1.20 bits per heavy atom. The van der Waals surface area contributed by atoms with Gasteiger partial charge in [0.15, 0.2) is 0 Å². The van der Waals surface area contributed by atoms with Crippen LogP contribution < -0.4 is 0 Å². The molecule has 1 amide bonds. The van der Waals surface area contributed by atoms with Gasteiger partial charge in [0.1, 0.15) is 5.82 Å². The molecule has 1 unspecified atom stereocenters. The standard InChI is InChI=1S/C20H20N4O/c1-14-4-6-15(7-5-14)12-24-13-17(9-19(24)25)20-22-11-18(23-20)16-3-2-8-21-10-16/h2-8,10-11,17H,9,12-13H2,1H3,(H,22,23). The van der Waals surface area contributed by atoms with Crippen molar-refractivity contribution in [2.24, 2.45) is 0 Å². The van der Waals surface area contributed by atoms with Gasteiger partial charge in [0, 0.05) is 43.4 Å². The minimum absolute atomic E-state index is 0.114. The van der Waals surface area contributed by atoms with Crippen LogP contribution in [0.5, 0.6) is 0 Å². The average Bonchev–Trinajstić information content (AvgIpc) is 3.25. The van der Waals surface area contributed by atoms with Crippen LogP contribution in [0.25, 0.3) is 11.3 Å². The third-order valence-electron chi connectivity index (χ3n) is 4.66. The van der Waals surface area contributed by atoms with Crippen LogP contribution in [-0.4, -0.2) is 32.3 Å². The maximum atomic E-state index is 12.4. The van der Waals surface area contributed by atoms with Gasteiger partial charge in [-0.15, -0.1) is 0 Å². The third-order valence-corrected chi connectivity index (χ3v) is 4.66. The lowest BCUT2D eigenvalue weighted by molar-refractivity contribution is -0.128. The van der Waals surface area contributed by atoms with E-state index in [4.69, 9.17) is 0 Å². The van der Waals surface area contributed by atoms with Gasteiger partial charge in [-0.05, 0) is 24.6 Å². The molecule has 5 heteroatoms. The number of nitrogens with zero attached hydrogens (tertiary/aromatic N) is 3. The number of nitrogens with one attached hydrogen (secondary N) is 1. The Hall–Kier alpha value is -2.95. The maximum Gasteiger partial charge on any atom is 0.223 e. The Kier molecular flexibility index (Phi) is 4.06. The van der Waals surface area contributed by atoms with Gasteiger partial charge in [0.25, 0.3) is 0 Å². The topological polar surface area (TPSA) is 61.9 Å². The number of aromatic nitrogens is 3. The molecule has 0 radical (unpaired) electrons. The molecule has 1 aliphatic rings. The minimum atomic E-state index is 0.114. The molecule has 0 saturated carbocycles. The number of carbonyl (C=O) groups excluding carboxylic acids is 1. The third kappa shape index (κ3) is 3.31. The number of pyridine rings is 1. The summed E-state index contributed by atoms with van der Waals surface area (Å²) in [7, 11) is 0. The van der Waals surface area contributed by atoms with Crippen LogP contribution in [-0.2, 0) is 11.3 Å². The predicted molar refractivity (Wildman–Crippen MR) is 95.8 cm³/mol. The first-order valence-electron chi connectivity index (χ1n) is 8.47. The van der Waals surface area contributed by atoms with Gasteiger partial charge in [-0.3, -0.25) is 9.78 Å². The highest BCUT2D eigenvalue weighted by molar-refractivity contribution is 5.79. The molecule has 3 aromatic rings. The van der Waals surface area contributed by atoms with Crippen LogP contribution in [0.2, 0.25) is 0 Å². The fourth-order valence-corrected chi connectivity index (χ4v) is 3.23. The summed E-state index contributed by atoms with van der Waals surface area (Å²) in [5, 5.41) is 0. The Morgan fingerprint density at radius 2 is 2.04 bits per heavy atom. The lowest BCUT2D eigenvalue weighted by Crippen LogP contribution is -2.24. The van der Waals surface area contributed by atoms with Gasteiger partial charge in [0.05, 0.1) is 11.9 Å². The molecule has 1 aromatic carbocycles. The molecule has 2 aromatic heterocycles. The van der Waals surface area contributed by atoms with E-state index in [0.29, 0.717) is 19.5 Å². The molecule has 1 fully saturated rings. The van der Waals surface area contributed by atoms with Crippen molar-refractivity contribution in [1.82, 2.24) is 19.9 Å². The van der Waals surface area contributed by atoms with Crippen molar-refractivity contribution in [3.8, 4) is 11.3 Å². The number of H-pyrrole nitrogens is 1. The second kappa shape index (κ2) is 6.51. The van der Waals surface area contributed by atoms with Gasteiger partial charge < -0.3 is 9.88 Å². The second-order valence-electron chi connectivity index (χ2n) is 6.58. The number of aryl methyl sites for hydroxylation is 1. The van der Waals surface area contributed by atoms with Crippen molar-refractivity contribution in [3.05, 3.63) is 71.9 Å². The van der Waals surface area contributed by atoms with Gasteiger partial charge in [-0.25, -0.2) is 4.98 Å². The molecule has 3 heterocycles. The summed E-state index contributed by atoms with van der Waals surface area (Å²) in [6.45, 7) is 3.43. The van der Waals surface area contributed by atoms with Gasteiger partial charge in [-0.2, -0.15) is 0 Å². The molecule has 5 nitrogen and oxygen atoms in total. The summed E-state index contributed by atoms with van der Waals surface area (Å²) in [5.41, 5.74) is 4.33. The number of aromatic amines is 1. The van der Waals surface area contributed by atoms with E-state index >= 15 is 0 Å². The van der Waals surface area contributed by atoms with Crippen molar-refractivity contribution in [2.75, 3.05) is 6.54 Å². The molecule has 0 bridgehead atoms. The summed E-state index contributed by atoms with van der Waals surface area (Å²) in [5.74, 6) is 1.17. The number of amides is 1. The Bertz CT molecular complexity index is 870. The molecule has 1 atom stereocenters. The zero-order valence-electron chi connectivity index (χ0n) is 14.1. The summed E-state index contributed by atoms with van der Waals surface area (Å²) in [4.78, 5) is 26.3. The van der Waals surface area contributed by atoms with Crippen LogP contribution in [0.3, 0.4) is 0 Å². The molecule has 1 N–H and O–H groups in total. The largest absolute Gasteiger partial charge is 0.342 e. The van der Waals surface area contributed by atoms with Crippen LogP contribution in [0.15, 0.2) is 55.0 Å². The minimum Gasteiger partial charge on any atom is -0.342 e. The molecule has 4 rings (SSSR count). The summed E-state index contributed by atoms with van der Waals surface area (Å²) in [6, 6.07) is 12.2. The summed E-state index contributed by atoms with van der Waals surface area (Å²) in [6.07, 6.45) is 5.88. The van der Waals surface area contributed by atoms with Gasteiger partial charge in [0.2, 0.25) is 5.91 Å². The first kappa shape index (κ1) is 15.6. The SMILES string of the molecule is Cc1ccc(CN2CC(c3ncc(-c4cccnc4)[nH]3)CC2=O)cc1. The summed E-state index contributed by atoms with van der Waals surface area (Å²) >= 11 is 0. The van der Waals surface area contributed by atoms with Crippen molar-refractivity contribution < 1.29 is 4.79 Å². The molecule has 0 spiro atoms. The summed E-state index contributed by atoms with van der Waals surface area (Å²) < 4.78 is 0. The zero-order valence-corrected chi connectivity index (χ0v) is 14.1. The lowest BCUT2D eigenvalue weighted by Gasteiger charge is -2.16. The molecule has 1 aliphatic heterocycles. The number of benzene rings is 1. The predicted octanol–water partition coefficient (Wildman–Crippen LogP) is 3.30. The normalized spacial score (nSPS) is 17.2. The number of rotatable bonds is 4. The molecule has 0 aliphatic carbocycles. The zero-order chi connectivity index (χ0) is 17.2. The van der Waals surface area contributed by atoms with E-state index in [1.807, 2.05) is 23.2 Å². The van der Waals surface area contributed by atoms with E-state index in [0.717, 1.165) is 22.6 Å². The fraction of sp³-hybridized carbons (Fsp3) is 0.250. The number of likely N-dealkylation sites (tertiary alicyclic amines) is 1. The van der Waals surface area contributed by atoms with E-state index in [1.54, 1.807) is 12.4 Å². The van der Waals surface area contributed by atoms with E-state index in [-0.39, 0.29) is 11.8 Å². The molecular weight excluding hydrogens is 312 g/mol. The first-order chi connectivity index (χ1) is 12.2. The lowest BCUT2D eigenvalue weighted by atomic mass is 10.1. The van der Waals surface area contributed by atoms with Crippen molar-refractivity contribution >= 4 is 5.91 Å².